The summed E-state index contributed by atoms with van der Waals surface area (Å²) in [6, 6.07) is 66.7. The molecule has 294 valence electrons. The quantitative estimate of drug-likeness (QED) is 0.166. The molecule has 0 unspecified atom stereocenters. The van der Waals surface area contributed by atoms with Crippen molar-refractivity contribution in [1.29, 1.82) is 0 Å². The van der Waals surface area contributed by atoms with Gasteiger partial charge in [0.05, 0.1) is 26.9 Å². The van der Waals surface area contributed by atoms with Gasteiger partial charge in [0.15, 0.2) is 23.3 Å². The lowest BCUT2D eigenvalue weighted by atomic mass is 10.0. The number of furan rings is 1. The van der Waals surface area contributed by atoms with Crippen LogP contribution >= 0.6 is 11.3 Å². The van der Waals surface area contributed by atoms with Crippen LogP contribution in [0.3, 0.4) is 0 Å². The normalized spacial score (nSPS) is 11.8. The number of fused-ring (bicyclic) bond motifs is 9. The van der Waals surface area contributed by atoms with Gasteiger partial charge in [0.2, 0.25) is 0 Å². The number of aromatic nitrogens is 6. The summed E-state index contributed by atoms with van der Waals surface area (Å²) < 4.78 is 11.3. The van der Waals surface area contributed by atoms with Crippen LogP contribution in [0.25, 0.3) is 127 Å². The maximum Gasteiger partial charge on any atom is 0.164 e. The fourth-order valence-corrected chi connectivity index (χ4v) is 10.2. The number of hydrogen-bond acceptors (Lipinski definition) is 7. The fraction of sp³-hybridized carbons (Fsp3) is 0. The second-order valence-corrected chi connectivity index (χ2v) is 16.6. The highest BCUT2D eigenvalue weighted by Gasteiger charge is 2.23. The molecule has 8 aromatic carbocycles. The fourth-order valence-electron chi connectivity index (χ4n) is 9.06. The van der Waals surface area contributed by atoms with Crippen LogP contribution in [-0.2, 0) is 0 Å². The van der Waals surface area contributed by atoms with Crippen LogP contribution in [0.5, 0.6) is 0 Å². The molecule has 0 spiro atoms. The Balaban J connectivity index is 1.02. The zero-order chi connectivity index (χ0) is 41.4. The van der Waals surface area contributed by atoms with Gasteiger partial charge in [-0.3, -0.25) is 0 Å². The molecule has 0 radical (unpaired) electrons. The Morgan fingerprint density at radius 3 is 1.76 bits per heavy atom. The van der Waals surface area contributed by atoms with Crippen molar-refractivity contribution in [3.63, 3.8) is 0 Å². The lowest BCUT2D eigenvalue weighted by molar-refractivity contribution is 0.669. The Bertz CT molecular complexity index is 3910. The summed E-state index contributed by atoms with van der Waals surface area (Å²) in [6.45, 7) is 0. The molecule has 0 bridgehead atoms. The van der Waals surface area contributed by atoms with E-state index in [1.807, 2.05) is 66.7 Å². The number of thiophene rings is 1. The van der Waals surface area contributed by atoms with Gasteiger partial charge in [-0.2, -0.15) is 0 Å². The Hall–Kier alpha value is -8.33. The molecule has 0 aliphatic carbocycles. The van der Waals surface area contributed by atoms with Crippen LogP contribution in [-0.4, -0.2) is 29.5 Å². The van der Waals surface area contributed by atoms with Crippen LogP contribution in [0.15, 0.2) is 199 Å². The van der Waals surface area contributed by atoms with Crippen LogP contribution in [0, 0.1) is 0 Å². The van der Waals surface area contributed by atoms with Crippen molar-refractivity contribution in [2.75, 3.05) is 0 Å². The van der Waals surface area contributed by atoms with Crippen molar-refractivity contribution in [3.05, 3.63) is 194 Å². The van der Waals surface area contributed by atoms with Gasteiger partial charge in [-0.05, 0) is 48.5 Å². The highest BCUT2D eigenvalue weighted by atomic mass is 32.1. The first-order chi connectivity index (χ1) is 31.2. The number of hydrogen-bond donors (Lipinski definition) is 0. The minimum Gasteiger partial charge on any atom is -0.456 e. The molecular formula is C55H32N6OS. The predicted octanol–water partition coefficient (Wildman–Crippen LogP) is 14.4. The molecule has 0 fully saturated rings. The first kappa shape index (κ1) is 35.4. The van der Waals surface area contributed by atoms with Gasteiger partial charge in [0.1, 0.15) is 11.2 Å². The molecule has 0 aliphatic heterocycles. The highest BCUT2D eigenvalue weighted by molar-refractivity contribution is 7.26. The molecule has 13 rings (SSSR count). The molecule has 0 saturated heterocycles. The van der Waals surface area contributed by atoms with E-state index in [1.165, 1.54) is 4.70 Å². The average molecular weight is 825 g/mol. The van der Waals surface area contributed by atoms with Gasteiger partial charge in [0, 0.05) is 65.1 Å². The van der Waals surface area contributed by atoms with Gasteiger partial charge < -0.3 is 8.98 Å². The van der Waals surface area contributed by atoms with Crippen molar-refractivity contribution in [1.82, 2.24) is 29.5 Å². The third-order valence-electron chi connectivity index (χ3n) is 11.9. The van der Waals surface area contributed by atoms with Crippen LogP contribution in [0.4, 0.5) is 0 Å². The van der Waals surface area contributed by atoms with Crippen LogP contribution in [0.1, 0.15) is 0 Å². The van der Waals surface area contributed by atoms with E-state index in [1.54, 1.807) is 11.3 Å². The molecule has 0 N–H and O–H groups in total. The first-order valence-electron chi connectivity index (χ1n) is 20.8. The highest BCUT2D eigenvalue weighted by Crippen LogP contribution is 2.43. The minimum atomic E-state index is 0.565. The smallest absolute Gasteiger partial charge is 0.164 e. The number of rotatable bonds is 6. The molecule has 0 aliphatic rings. The van der Waals surface area contributed by atoms with Crippen LogP contribution < -0.4 is 0 Å². The summed E-state index contributed by atoms with van der Waals surface area (Å²) in [7, 11) is 0. The molecule has 63 heavy (non-hydrogen) atoms. The standard InChI is InChI=1S/C55H32N6OS/c1-4-16-33(17-5-1)52-56-49(51-50(57-52)39-23-11-13-29-46(39)63-51)35-30-31-38-45(32-35)62-44-28-15-25-41(48(38)44)55-59-53(34-18-6-2-7-19-34)58-54(60-55)40-24-14-27-43-47(40)37-22-10-12-26-42(37)61(43)36-20-8-3-9-21-36/h1-32H. The van der Waals surface area contributed by atoms with Gasteiger partial charge in [-0.1, -0.05) is 146 Å². The molecule has 0 atom stereocenters. The topological polar surface area (TPSA) is 82.5 Å². The van der Waals surface area contributed by atoms with Crippen LogP contribution in [0.2, 0.25) is 0 Å². The lowest BCUT2D eigenvalue weighted by Gasteiger charge is -2.11. The average Bonchev–Trinajstić information content (AvgIpc) is 4.04. The van der Waals surface area contributed by atoms with Gasteiger partial charge >= 0.3 is 0 Å². The van der Waals surface area contributed by atoms with E-state index < -0.39 is 0 Å². The van der Waals surface area contributed by atoms with Gasteiger partial charge in [-0.25, -0.2) is 24.9 Å². The van der Waals surface area contributed by atoms with Crippen molar-refractivity contribution >= 4 is 75.4 Å². The molecular weight excluding hydrogens is 793 g/mol. The van der Waals surface area contributed by atoms with Crippen molar-refractivity contribution < 1.29 is 4.42 Å². The maximum absolute atomic E-state index is 6.73. The maximum atomic E-state index is 6.73. The Kier molecular flexibility index (Phi) is 7.94. The molecule has 5 heterocycles. The van der Waals surface area contributed by atoms with Gasteiger partial charge in [-0.15, -0.1) is 11.3 Å². The van der Waals surface area contributed by atoms with E-state index in [-0.39, 0.29) is 0 Å². The number of benzene rings is 8. The summed E-state index contributed by atoms with van der Waals surface area (Å²) >= 11 is 1.72. The molecule has 8 heteroatoms. The minimum absolute atomic E-state index is 0.565. The first-order valence-corrected chi connectivity index (χ1v) is 21.7. The van der Waals surface area contributed by atoms with E-state index in [0.29, 0.717) is 23.3 Å². The summed E-state index contributed by atoms with van der Waals surface area (Å²) in [6.07, 6.45) is 0. The second kappa shape index (κ2) is 14.1. The predicted molar refractivity (Wildman–Crippen MR) is 257 cm³/mol. The summed E-state index contributed by atoms with van der Waals surface area (Å²) in [5.41, 5.74) is 11.2. The third kappa shape index (κ3) is 5.69. The SMILES string of the molecule is c1ccc(-c2nc(-c3cccc4oc5cc(-c6nc(-c7ccccc7)nc7c6sc6ccccc67)ccc5c34)nc(-c3cccc4c3c3ccccc3n4-c3ccccc3)n2)cc1. The second-order valence-electron chi connectivity index (χ2n) is 15.6. The molecule has 7 nitrogen and oxygen atoms in total. The Morgan fingerprint density at radius 1 is 0.397 bits per heavy atom. The van der Waals surface area contributed by atoms with Crippen molar-refractivity contribution in [2.45, 2.75) is 0 Å². The molecule has 13 aromatic rings. The van der Waals surface area contributed by atoms with E-state index >= 15 is 0 Å². The molecule has 0 amide bonds. The van der Waals surface area contributed by atoms with Crippen molar-refractivity contribution in [3.8, 4) is 62.5 Å². The van der Waals surface area contributed by atoms with E-state index in [9.17, 15) is 0 Å². The summed E-state index contributed by atoms with van der Waals surface area (Å²) in [5.74, 6) is 2.44. The Morgan fingerprint density at radius 2 is 1.00 bits per heavy atom. The third-order valence-corrected chi connectivity index (χ3v) is 13.1. The van der Waals surface area contributed by atoms with E-state index in [0.717, 1.165) is 98.5 Å². The van der Waals surface area contributed by atoms with E-state index in [2.05, 4.69) is 132 Å². The molecule has 0 saturated carbocycles. The summed E-state index contributed by atoms with van der Waals surface area (Å²) in [5, 5.41) is 5.23. The number of para-hydroxylation sites is 2. The van der Waals surface area contributed by atoms with E-state index in [4.69, 9.17) is 29.3 Å². The summed E-state index contributed by atoms with van der Waals surface area (Å²) in [4.78, 5) is 26.1. The lowest BCUT2D eigenvalue weighted by Crippen LogP contribution is -2.01. The molecule has 5 aromatic heterocycles. The zero-order valence-corrected chi connectivity index (χ0v) is 34.3. The van der Waals surface area contributed by atoms with Crippen molar-refractivity contribution in [2.24, 2.45) is 0 Å². The Labute approximate surface area is 364 Å². The zero-order valence-electron chi connectivity index (χ0n) is 33.5. The largest absolute Gasteiger partial charge is 0.456 e. The number of nitrogens with zero attached hydrogens (tertiary/aromatic N) is 6. The van der Waals surface area contributed by atoms with Gasteiger partial charge in [0.25, 0.3) is 0 Å². The monoisotopic (exact) mass is 824 g/mol.